The fourth-order valence-corrected chi connectivity index (χ4v) is 3.18. The zero-order chi connectivity index (χ0) is 22.2. The van der Waals surface area contributed by atoms with Crippen molar-refractivity contribution in [2.24, 2.45) is 7.05 Å². The summed E-state index contributed by atoms with van der Waals surface area (Å²) in [5.74, 6) is 2.17. The molecule has 0 aliphatic carbocycles. The maximum Gasteiger partial charge on any atom is 0.204 e. The summed E-state index contributed by atoms with van der Waals surface area (Å²) in [5, 5.41) is 12.6. The number of benzene rings is 2. The second kappa shape index (κ2) is 11.4. The van der Waals surface area contributed by atoms with E-state index in [9.17, 15) is 0 Å². The van der Waals surface area contributed by atoms with Crippen molar-refractivity contribution < 1.29 is 14.2 Å². The Morgan fingerprint density at radius 1 is 0.968 bits per heavy atom. The van der Waals surface area contributed by atoms with Crippen molar-refractivity contribution in [3.8, 4) is 28.6 Å². The lowest BCUT2D eigenvalue weighted by Gasteiger charge is -2.12. The summed E-state index contributed by atoms with van der Waals surface area (Å²) in [4.78, 5) is 1.41. The first-order chi connectivity index (χ1) is 14.9. The number of aryl methyl sites for hydroxylation is 1. The Bertz CT molecular complexity index is 1010. The van der Waals surface area contributed by atoms with Crippen LogP contribution in [0.4, 0.5) is 0 Å². The van der Waals surface area contributed by atoms with Crippen LogP contribution >= 0.6 is 46.4 Å². The number of ether oxygens (including phenoxy) is 3. The van der Waals surface area contributed by atoms with Gasteiger partial charge in [0.2, 0.25) is 5.82 Å². The number of halogens is 4. The van der Waals surface area contributed by atoms with E-state index in [1.807, 2.05) is 24.3 Å². The molecule has 0 N–H and O–H groups in total. The number of aromatic nitrogens is 4. The highest BCUT2D eigenvalue weighted by Crippen LogP contribution is 2.37. The molecule has 7 nitrogen and oxygen atoms in total. The zero-order valence-electron chi connectivity index (χ0n) is 16.4. The van der Waals surface area contributed by atoms with E-state index < -0.39 is 0 Å². The molecule has 0 aliphatic heterocycles. The SMILES string of the molecule is Cn1nnc(-c2ccc(OCCCOc3c(Cl)cc(OCC=C(Cl)Cl)cc3Cl)cc2)n1. The van der Waals surface area contributed by atoms with Gasteiger partial charge in [0, 0.05) is 24.1 Å². The Labute approximate surface area is 199 Å². The molecular weight excluding hydrogens is 486 g/mol. The number of hydrogen-bond donors (Lipinski definition) is 0. The molecule has 3 rings (SSSR count). The maximum atomic E-state index is 6.25. The van der Waals surface area contributed by atoms with Gasteiger partial charge in [-0.25, -0.2) is 0 Å². The third kappa shape index (κ3) is 7.18. The lowest BCUT2D eigenvalue weighted by Crippen LogP contribution is -2.05. The van der Waals surface area contributed by atoms with Crippen molar-refractivity contribution in [2.75, 3.05) is 19.8 Å². The van der Waals surface area contributed by atoms with E-state index in [0.29, 0.717) is 47.0 Å². The molecule has 3 aromatic rings. The Hall–Kier alpha value is -2.19. The molecule has 0 spiro atoms. The molecule has 0 fully saturated rings. The van der Waals surface area contributed by atoms with E-state index in [-0.39, 0.29) is 11.1 Å². The molecule has 31 heavy (non-hydrogen) atoms. The van der Waals surface area contributed by atoms with Gasteiger partial charge in [-0.3, -0.25) is 0 Å². The fraction of sp³-hybridized carbons (Fsp3) is 0.250. The van der Waals surface area contributed by atoms with Crippen LogP contribution in [0.3, 0.4) is 0 Å². The topological polar surface area (TPSA) is 71.3 Å². The fourth-order valence-electron chi connectivity index (χ4n) is 2.48. The van der Waals surface area contributed by atoms with E-state index >= 15 is 0 Å². The van der Waals surface area contributed by atoms with E-state index in [0.717, 1.165) is 11.3 Å². The first kappa shape index (κ1) is 23.5. The molecule has 11 heteroatoms. The van der Waals surface area contributed by atoms with Crippen molar-refractivity contribution in [1.29, 1.82) is 0 Å². The molecule has 0 saturated carbocycles. The van der Waals surface area contributed by atoms with Crippen LogP contribution < -0.4 is 14.2 Å². The van der Waals surface area contributed by atoms with Crippen LogP contribution in [0, 0.1) is 0 Å². The van der Waals surface area contributed by atoms with Gasteiger partial charge in [0.05, 0.1) is 30.3 Å². The summed E-state index contributed by atoms with van der Waals surface area (Å²) in [5.41, 5.74) is 0.863. The summed E-state index contributed by atoms with van der Waals surface area (Å²) in [6.07, 6.45) is 2.15. The molecule has 0 amide bonds. The predicted octanol–water partition coefficient (Wildman–Crippen LogP) is 5.73. The van der Waals surface area contributed by atoms with E-state index in [1.165, 1.54) is 10.9 Å². The summed E-state index contributed by atoms with van der Waals surface area (Å²) in [6.45, 7) is 1.04. The van der Waals surface area contributed by atoms with Gasteiger partial charge in [-0.05, 0) is 35.6 Å². The smallest absolute Gasteiger partial charge is 0.204 e. The van der Waals surface area contributed by atoms with Crippen LogP contribution in [0.1, 0.15) is 6.42 Å². The normalized spacial score (nSPS) is 10.6. The standard InChI is InChI=1S/C20H18Cl4N4O3/c1-28-26-20(25-27-28)13-3-5-14(6-4-13)29-8-2-9-31-19-16(21)11-15(12-17(19)22)30-10-7-18(23)24/h3-7,11-12H,2,8-10H2,1H3. The van der Waals surface area contributed by atoms with Crippen LogP contribution in [-0.4, -0.2) is 40.0 Å². The molecule has 0 bridgehead atoms. The van der Waals surface area contributed by atoms with Crippen LogP contribution in [0.25, 0.3) is 11.4 Å². The second-order valence-corrected chi connectivity index (χ2v) is 8.02. The highest BCUT2D eigenvalue weighted by Gasteiger charge is 2.11. The number of rotatable bonds is 10. The maximum absolute atomic E-state index is 6.25. The molecule has 164 valence electrons. The largest absolute Gasteiger partial charge is 0.493 e. The molecule has 0 saturated heterocycles. The van der Waals surface area contributed by atoms with Crippen molar-refractivity contribution in [3.63, 3.8) is 0 Å². The van der Waals surface area contributed by atoms with Gasteiger partial charge in [-0.1, -0.05) is 46.4 Å². The van der Waals surface area contributed by atoms with Crippen LogP contribution in [0.2, 0.25) is 10.0 Å². The number of tetrazole rings is 1. The zero-order valence-corrected chi connectivity index (χ0v) is 19.4. The van der Waals surface area contributed by atoms with Crippen molar-refractivity contribution in [2.45, 2.75) is 6.42 Å². The highest BCUT2D eigenvalue weighted by atomic mass is 35.5. The quantitative estimate of drug-likeness (QED) is 0.329. The highest BCUT2D eigenvalue weighted by molar-refractivity contribution is 6.55. The van der Waals surface area contributed by atoms with Gasteiger partial charge >= 0.3 is 0 Å². The van der Waals surface area contributed by atoms with Crippen molar-refractivity contribution in [1.82, 2.24) is 20.2 Å². The molecule has 1 aromatic heterocycles. The Balaban J connectivity index is 1.43. The molecule has 0 unspecified atom stereocenters. The summed E-state index contributed by atoms with van der Waals surface area (Å²) < 4.78 is 17.0. The summed E-state index contributed by atoms with van der Waals surface area (Å²) in [7, 11) is 1.72. The average Bonchev–Trinajstić information content (AvgIpc) is 3.16. The second-order valence-electron chi connectivity index (χ2n) is 6.20. The minimum absolute atomic E-state index is 0.123. The van der Waals surface area contributed by atoms with Gasteiger partial charge < -0.3 is 14.2 Å². The van der Waals surface area contributed by atoms with Crippen molar-refractivity contribution in [3.05, 3.63) is 57.0 Å². The van der Waals surface area contributed by atoms with Gasteiger partial charge in [-0.2, -0.15) is 4.80 Å². The lowest BCUT2D eigenvalue weighted by molar-refractivity contribution is 0.247. The van der Waals surface area contributed by atoms with Crippen LogP contribution in [0.5, 0.6) is 17.2 Å². The van der Waals surface area contributed by atoms with E-state index in [1.54, 1.807) is 19.2 Å². The van der Waals surface area contributed by atoms with Crippen LogP contribution in [0.15, 0.2) is 47.0 Å². The third-order valence-electron chi connectivity index (χ3n) is 3.88. The molecule has 1 heterocycles. The predicted molar refractivity (Wildman–Crippen MR) is 122 cm³/mol. The minimum atomic E-state index is 0.123. The molecular formula is C20H18Cl4N4O3. The molecule has 0 atom stereocenters. The van der Waals surface area contributed by atoms with Gasteiger partial charge in [0.25, 0.3) is 0 Å². The number of hydrogen-bond acceptors (Lipinski definition) is 6. The average molecular weight is 504 g/mol. The van der Waals surface area contributed by atoms with Gasteiger partial charge in [0.15, 0.2) is 5.75 Å². The molecule has 2 aromatic carbocycles. The Morgan fingerprint density at radius 2 is 1.65 bits per heavy atom. The van der Waals surface area contributed by atoms with E-state index in [2.05, 4.69) is 15.4 Å². The Morgan fingerprint density at radius 3 is 2.26 bits per heavy atom. The first-order valence-corrected chi connectivity index (χ1v) is 10.7. The van der Waals surface area contributed by atoms with Gasteiger partial charge in [-0.15, -0.1) is 10.2 Å². The molecule has 0 aliphatic rings. The lowest BCUT2D eigenvalue weighted by atomic mass is 10.2. The van der Waals surface area contributed by atoms with Crippen LogP contribution in [-0.2, 0) is 7.05 Å². The molecule has 0 radical (unpaired) electrons. The number of nitrogens with zero attached hydrogens (tertiary/aromatic N) is 4. The summed E-state index contributed by atoms with van der Waals surface area (Å²) >= 11 is 23.6. The monoisotopic (exact) mass is 502 g/mol. The Kier molecular flexibility index (Phi) is 8.66. The van der Waals surface area contributed by atoms with E-state index in [4.69, 9.17) is 60.6 Å². The minimum Gasteiger partial charge on any atom is -0.493 e. The third-order valence-corrected chi connectivity index (χ3v) is 4.75. The van der Waals surface area contributed by atoms with Gasteiger partial charge in [0.1, 0.15) is 22.6 Å². The summed E-state index contributed by atoms with van der Waals surface area (Å²) in [6, 6.07) is 10.7. The van der Waals surface area contributed by atoms with Crippen molar-refractivity contribution >= 4 is 46.4 Å². The first-order valence-electron chi connectivity index (χ1n) is 9.15.